The van der Waals surface area contributed by atoms with Crippen molar-refractivity contribution in [2.45, 2.75) is 13.8 Å². The van der Waals surface area contributed by atoms with E-state index in [0.717, 1.165) is 11.1 Å². The first-order valence-corrected chi connectivity index (χ1v) is 8.11. The number of halogens is 2. The van der Waals surface area contributed by atoms with E-state index >= 15 is 0 Å². The van der Waals surface area contributed by atoms with E-state index in [0.29, 0.717) is 21.3 Å². The zero-order valence-electron chi connectivity index (χ0n) is 13.7. The lowest BCUT2D eigenvalue weighted by Crippen LogP contribution is -2.35. The second-order valence-electron chi connectivity index (χ2n) is 5.66. The Bertz CT molecular complexity index is 791. The topological polar surface area (TPSA) is 49.4 Å². The van der Waals surface area contributed by atoms with Crippen LogP contribution in [-0.4, -0.2) is 30.3 Å². The number of likely N-dealkylation sites (N-methyl/N-ethyl adjacent to an activating group) is 1. The molecule has 2 aromatic rings. The van der Waals surface area contributed by atoms with Gasteiger partial charge in [-0.05, 0) is 43.7 Å². The zero-order valence-corrected chi connectivity index (χ0v) is 15.2. The van der Waals surface area contributed by atoms with E-state index < -0.39 is 0 Å². The van der Waals surface area contributed by atoms with Gasteiger partial charge < -0.3 is 10.2 Å². The first-order valence-electron chi connectivity index (χ1n) is 7.35. The van der Waals surface area contributed by atoms with Crippen LogP contribution < -0.4 is 5.32 Å². The van der Waals surface area contributed by atoms with Gasteiger partial charge in [-0.15, -0.1) is 0 Å². The Hall–Kier alpha value is -2.04. The van der Waals surface area contributed by atoms with Crippen LogP contribution in [0.5, 0.6) is 0 Å². The third-order valence-corrected chi connectivity index (χ3v) is 4.29. The normalized spacial score (nSPS) is 10.4. The van der Waals surface area contributed by atoms with Crippen molar-refractivity contribution in [3.05, 3.63) is 63.1 Å². The molecule has 0 saturated heterocycles. The summed E-state index contributed by atoms with van der Waals surface area (Å²) in [4.78, 5) is 26.0. The number of carbonyl (C=O) groups excluding carboxylic acids is 2. The zero-order chi connectivity index (χ0) is 17.9. The minimum Gasteiger partial charge on any atom is -0.332 e. The van der Waals surface area contributed by atoms with Gasteiger partial charge in [0.2, 0.25) is 5.91 Å². The SMILES string of the molecule is Cc1ccc(C)c(C(=O)N(C)CC(=O)Nc2ccc(Cl)c(Cl)c2)c1. The van der Waals surface area contributed by atoms with Crippen LogP contribution in [0, 0.1) is 13.8 Å². The Morgan fingerprint density at radius 1 is 1.04 bits per heavy atom. The van der Waals surface area contributed by atoms with Gasteiger partial charge in [0, 0.05) is 18.3 Å². The summed E-state index contributed by atoms with van der Waals surface area (Å²) in [6.45, 7) is 3.73. The molecule has 0 bridgehead atoms. The maximum atomic E-state index is 12.5. The van der Waals surface area contributed by atoms with Crippen LogP contribution in [0.3, 0.4) is 0 Å². The fourth-order valence-corrected chi connectivity index (χ4v) is 2.53. The number of carbonyl (C=O) groups is 2. The molecule has 2 amide bonds. The second kappa shape index (κ2) is 7.69. The van der Waals surface area contributed by atoms with Crippen LogP contribution in [0.15, 0.2) is 36.4 Å². The molecule has 0 unspecified atom stereocenters. The molecule has 0 aliphatic rings. The Kier molecular flexibility index (Phi) is 5.86. The maximum Gasteiger partial charge on any atom is 0.254 e. The molecule has 0 atom stereocenters. The molecule has 0 spiro atoms. The summed E-state index contributed by atoms with van der Waals surface area (Å²) >= 11 is 11.8. The van der Waals surface area contributed by atoms with Gasteiger partial charge in [-0.1, -0.05) is 40.9 Å². The summed E-state index contributed by atoms with van der Waals surface area (Å²) in [5, 5.41) is 3.47. The summed E-state index contributed by atoms with van der Waals surface area (Å²) in [7, 11) is 1.60. The van der Waals surface area contributed by atoms with Crippen molar-refractivity contribution in [1.29, 1.82) is 0 Å². The Balaban J connectivity index is 2.04. The molecule has 0 aliphatic heterocycles. The molecule has 24 heavy (non-hydrogen) atoms. The van der Waals surface area contributed by atoms with E-state index in [1.165, 1.54) is 4.90 Å². The molecular formula is C18H18Cl2N2O2. The summed E-state index contributed by atoms with van der Waals surface area (Å²) in [5.41, 5.74) is 3.00. The second-order valence-corrected chi connectivity index (χ2v) is 6.47. The molecule has 1 N–H and O–H groups in total. The quantitative estimate of drug-likeness (QED) is 0.877. The molecule has 6 heteroatoms. The predicted octanol–water partition coefficient (Wildman–Crippen LogP) is 4.32. The molecule has 2 rings (SSSR count). The highest BCUT2D eigenvalue weighted by atomic mass is 35.5. The largest absolute Gasteiger partial charge is 0.332 e. The van der Waals surface area contributed by atoms with E-state index in [-0.39, 0.29) is 18.4 Å². The van der Waals surface area contributed by atoms with Gasteiger partial charge in [-0.3, -0.25) is 9.59 Å². The van der Waals surface area contributed by atoms with Gasteiger partial charge in [-0.2, -0.15) is 0 Å². The lowest BCUT2D eigenvalue weighted by molar-refractivity contribution is -0.116. The molecule has 0 radical (unpaired) electrons. The highest BCUT2D eigenvalue weighted by Gasteiger charge is 2.17. The van der Waals surface area contributed by atoms with Crippen LogP contribution in [0.2, 0.25) is 10.0 Å². The average Bonchev–Trinajstić information content (AvgIpc) is 2.52. The maximum absolute atomic E-state index is 12.5. The van der Waals surface area contributed by atoms with Gasteiger partial charge in [0.1, 0.15) is 0 Å². The van der Waals surface area contributed by atoms with Gasteiger partial charge >= 0.3 is 0 Å². The number of nitrogens with zero attached hydrogens (tertiary/aromatic N) is 1. The standard InChI is InChI=1S/C18H18Cl2N2O2/c1-11-4-5-12(2)14(8-11)18(24)22(3)10-17(23)21-13-6-7-15(19)16(20)9-13/h4-9H,10H2,1-3H3,(H,21,23). The number of anilines is 1. The molecule has 0 heterocycles. The van der Waals surface area contributed by atoms with Gasteiger partial charge in [0.25, 0.3) is 5.91 Å². The van der Waals surface area contributed by atoms with Crippen LogP contribution in [-0.2, 0) is 4.79 Å². The first-order chi connectivity index (χ1) is 11.3. The molecule has 0 fully saturated rings. The summed E-state index contributed by atoms with van der Waals surface area (Å²) in [5.74, 6) is -0.505. The first kappa shape index (κ1) is 18.3. The van der Waals surface area contributed by atoms with Crippen molar-refractivity contribution >= 4 is 40.7 Å². The fourth-order valence-electron chi connectivity index (χ4n) is 2.23. The van der Waals surface area contributed by atoms with Crippen molar-refractivity contribution in [3.8, 4) is 0 Å². The van der Waals surface area contributed by atoms with E-state index in [9.17, 15) is 9.59 Å². The number of aryl methyl sites for hydroxylation is 2. The summed E-state index contributed by atoms with van der Waals surface area (Å²) in [6.07, 6.45) is 0. The molecule has 2 aromatic carbocycles. The van der Waals surface area contributed by atoms with Crippen LogP contribution in [0.4, 0.5) is 5.69 Å². The summed E-state index contributed by atoms with van der Waals surface area (Å²) in [6, 6.07) is 10.5. The Morgan fingerprint density at radius 3 is 2.42 bits per heavy atom. The molecule has 126 valence electrons. The third-order valence-electron chi connectivity index (χ3n) is 3.55. The molecular weight excluding hydrogens is 347 g/mol. The average molecular weight is 365 g/mol. The number of hydrogen-bond acceptors (Lipinski definition) is 2. The number of benzene rings is 2. The van der Waals surface area contributed by atoms with Crippen LogP contribution >= 0.6 is 23.2 Å². The van der Waals surface area contributed by atoms with Crippen molar-refractivity contribution in [2.75, 3.05) is 18.9 Å². The third kappa shape index (κ3) is 4.49. The minimum absolute atomic E-state index is 0.0630. The van der Waals surface area contributed by atoms with Crippen LogP contribution in [0.1, 0.15) is 21.5 Å². The fraction of sp³-hybridized carbons (Fsp3) is 0.222. The molecule has 0 saturated carbocycles. The summed E-state index contributed by atoms with van der Waals surface area (Å²) < 4.78 is 0. The minimum atomic E-state index is -0.311. The number of hydrogen-bond donors (Lipinski definition) is 1. The monoisotopic (exact) mass is 364 g/mol. The molecule has 0 aliphatic carbocycles. The highest BCUT2D eigenvalue weighted by Crippen LogP contribution is 2.25. The number of amides is 2. The van der Waals surface area contributed by atoms with E-state index in [1.807, 2.05) is 32.0 Å². The Labute approximate surface area is 151 Å². The van der Waals surface area contributed by atoms with E-state index in [2.05, 4.69) is 5.32 Å². The van der Waals surface area contributed by atoms with Crippen LogP contribution in [0.25, 0.3) is 0 Å². The van der Waals surface area contributed by atoms with Crippen molar-refractivity contribution in [2.24, 2.45) is 0 Å². The molecule has 4 nitrogen and oxygen atoms in total. The van der Waals surface area contributed by atoms with Crippen molar-refractivity contribution in [1.82, 2.24) is 4.90 Å². The van der Waals surface area contributed by atoms with Crippen molar-refractivity contribution in [3.63, 3.8) is 0 Å². The highest BCUT2D eigenvalue weighted by molar-refractivity contribution is 6.42. The number of nitrogens with one attached hydrogen (secondary N) is 1. The smallest absolute Gasteiger partial charge is 0.254 e. The van der Waals surface area contributed by atoms with Gasteiger partial charge in [0.15, 0.2) is 0 Å². The van der Waals surface area contributed by atoms with Gasteiger partial charge in [0.05, 0.1) is 16.6 Å². The Morgan fingerprint density at radius 2 is 1.75 bits per heavy atom. The molecule has 0 aromatic heterocycles. The lowest BCUT2D eigenvalue weighted by atomic mass is 10.0. The predicted molar refractivity (Wildman–Crippen MR) is 98.0 cm³/mol. The van der Waals surface area contributed by atoms with E-state index in [1.54, 1.807) is 25.2 Å². The number of rotatable bonds is 4. The lowest BCUT2D eigenvalue weighted by Gasteiger charge is -2.18. The van der Waals surface area contributed by atoms with E-state index in [4.69, 9.17) is 23.2 Å². The van der Waals surface area contributed by atoms with Crippen molar-refractivity contribution < 1.29 is 9.59 Å². The van der Waals surface area contributed by atoms with Gasteiger partial charge in [-0.25, -0.2) is 0 Å².